The number of hydrogen-bond acceptors (Lipinski definition) is 3. The Morgan fingerprint density at radius 1 is 1.73 bits per heavy atom. The van der Waals surface area contributed by atoms with Crippen LogP contribution in [0.15, 0.2) is 12.2 Å². The van der Waals surface area contributed by atoms with E-state index in [0.29, 0.717) is 6.42 Å². The summed E-state index contributed by atoms with van der Waals surface area (Å²) in [5.41, 5.74) is 6.44. The fraction of sp³-hybridized carbons (Fsp3) is 0.625. The van der Waals surface area contributed by atoms with Gasteiger partial charge >= 0.3 is 5.97 Å². The highest BCUT2D eigenvalue weighted by molar-refractivity contribution is 5.75. The molecule has 0 aromatic rings. The first-order chi connectivity index (χ1) is 5.11. The molecule has 0 saturated heterocycles. The number of methoxy groups -OCH3 is 1. The highest BCUT2D eigenvalue weighted by atomic mass is 16.5. The molecular formula is C8H15NO2. The molecule has 0 aromatic heterocycles. The first-order valence-electron chi connectivity index (χ1n) is 3.61. The van der Waals surface area contributed by atoms with Crippen LogP contribution in [-0.2, 0) is 9.53 Å². The Hall–Kier alpha value is -0.830. The molecule has 11 heavy (non-hydrogen) atoms. The number of carbonyl (C=O) groups excluding carboxylic acids is 1. The van der Waals surface area contributed by atoms with Gasteiger partial charge in [-0.05, 0) is 12.8 Å². The van der Waals surface area contributed by atoms with E-state index in [1.54, 1.807) is 0 Å². The van der Waals surface area contributed by atoms with Crippen LogP contribution in [0.4, 0.5) is 0 Å². The monoisotopic (exact) mass is 157 g/mol. The molecule has 3 heteroatoms. The summed E-state index contributed by atoms with van der Waals surface area (Å²) in [6.45, 7) is 5.72. The number of nitrogens with two attached hydrogens (primary N) is 1. The smallest absolute Gasteiger partial charge is 0.322 e. The zero-order valence-electron chi connectivity index (χ0n) is 7.09. The summed E-state index contributed by atoms with van der Waals surface area (Å²) in [6, 6.07) is -0.549. The zero-order chi connectivity index (χ0) is 8.85. The molecule has 0 rings (SSSR count). The molecule has 0 aromatic carbocycles. The summed E-state index contributed by atoms with van der Waals surface area (Å²) in [5.74, 6) is -0.375. The van der Waals surface area contributed by atoms with E-state index < -0.39 is 6.04 Å². The molecular weight excluding hydrogens is 142 g/mol. The van der Waals surface area contributed by atoms with Gasteiger partial charge in [0.25, 0.3) is 0 Å². The van der Waals surface area contributed by atoms with Gasteiger partial charge in [-0.2, -0.15) is 0 Å². The lowest BCUT2D eigenvalue weighted by atomic mass is 10.1. The van der Waals surface area contributed by atoms with Crippen LogP contribution in [0.2, 0.25) is 0 Å². The van der Waals surface area contributed by atoms with Gasteiger partial charge in [0.2, 0.25) is 0 Å². The lowest BCUT2D eigenvalue weighted by molar-refractivity contribution is -0.142. The van der Waals surface area contributed by atoms with Crippen LogP contribution in [0.3, 0.4) is 0 Å². The molecule has 0 saturated carbocycles. The Labute approximate surface area is 67.2 Å². The molecule has 0 aliphatic rings. The van der Waals surface area contributed by atoms with E-state index >= 15 is 0 Å². The summed E-state index contributed by atoms with van der Waals surface area (Å²) in [5, 5.41) is 0. The van der Waals surface area contributed by atoms with Crippen molar-refractivity contribution in [3.63, 3.8) is 0 Å². The predicted molar refractivity (Wildman–Crippen MR) is 44.0 cm³/mol. The molecule has 0 fully saturated rings. The SMILES string of the molecule is C=C(CC)CC(N)C(=O)OC. The van der Waals surface area contributed by atoms with E-state index in [2.05, 4.69) is 11.3 Å². The van der Waals surface area contributed by atoms with Crippen molar-refractivity contribution in [3.05, 3.63) is 12.2 Å². The van der Waals surface area contributed by atoms with E-state index in [4.69, 9.17) is 5.73 Å². The van der Waals surface area contributed by atoms with Crippen molar-refractivity contribution in [2.24, 2.45) is 5.73 Å². The van der Waals surface area contributed by atoms with Gasteiger partial charge in [-0.25, -0.2) is 0 Å². The molecule has 0 spiro atoms. The minimum Gasteiger partial charge on any atom is -0.468 e. The fourth-order valence-corrected chi connectivity index (χ4v) is 0.690. The van der Waals surface area contributed by atoms with E-state index in [9.17, 15) is 4.79 Å². The third-order valence-corrected chi connectivity index (χ3v) is 1.51. The first-order valence-corrected chi connectivity index (χ1v) is 3.61. The van der Waals surface area contributed by atoms with Gasteiger partial charge in [0, 0.05) is 0 Å². The molecule has 1 atom stereocenters. The maximum Gasteiger partial charge on any atom is 0.322 e. The normalized spacial score (nSPS) is 12.3. The molecule has 0 aliphatic heterocycles. The fourth-order valence-electron chi connectivity index (χ4n) is 0.690. The third-order valence-electron chi connectivity index (χ3n) is 1.51. The molecule has 2 N–H and O–H groups in total. The van der Waals surface area contributed by atoms with Crippen LogP contribution in [0.25, 0.3) is 0 Å². The van der Waals surface area contributed by atoms with Gasteiger partial charge in [0.15, 0.2) is 0 Å². The lowest BCUT2D eigenvalue weighted by Crippen LogP contribution is -2.31. The zero-order valence-corrected chi connectivity index (χ0v) is 7.09. The van der Waals surface area contributed by atoms with Gasteiger partial charge in [0.05, 0.1) is 7.11 Å². The van der Waals surface area contributed by atoms with Crippen LogP contribution in [-0.4, -0.2) is 19.1 Å². The first kappa shape index (κ1) is 10.2. The van der Waals surface area contributed by atoms with Crippen molar-refractivity contribution in [2.45, 2.75) is 25.8 Å². The second-order valence-corrected chi connectivity index (χ2v) is 2.44. The summed E-state index contributed by atoms with van der Waals surface area (Å²) in [4.78, 5) is 10.8. The van der Waals surface area contributed by atoms with Crippen LogP contribution in [0.1, 0.15) is 19.8 Å². The molecule has 0 amide bonds. The Bertz CT molecular complexity index is 154. The van der Waals surface area contributed by atoms with Crippen LogP contribution in [0.5, 0.6) is 0 Å². The largest absolute Gasteiger partial charge is 0.468 e. The van der Waals surface area contributed by atoms with Crippen molar-refractivity contribution in [3.8, 4) is 0 Å². The van der Waals surface area contributed by atoms with Gasteiger partial charge in [-0.15, -0.1) is 0 Å². The summed E-state index contributed by atoms with van der Waals surface area (Å²) >= 11 is 0. The van der Waals surface area contributed by atoms with E-state index in [-0.39, 0.29) is 5.97 Å². The molecule has 3 nitrogen and oxygen atoms in total. The average molecular weight is 157 g/mol. The van der Waals surface area contributed by atoms with Gasteiger partial charge in [0.1, 0.15) is 6.04 Å². The van der Waals surface area contributed by atoms with Crippen molar-refractivity contribution in [1.29, 1.82) is 0 Å². The molecule has 64 valence electrons. The van der Waals surface area contributed by atoms with E-state index in [1.807, 2.05) is 6.92 Å². The van der Waals surface area contributed by atoms with Gasteiger partial charge in [-0.3, -0.25) is 4.79 Å². The van der Waals surface area contributed by atoms with Crippen LogP contribution >= 0.6 is 0 Å². The Morgan fingerprint density at radius 3 is 2.64 bits per heavy atom. The highest BCUT2D eigenvalue weighted by Gasteiger charge is 2.13. The molecule has 1 unspecified atom stereocenters. The van der Waals surface area contributed by atoms with Gasteiger partial charge in [-0.1, -0.05) is 19.1 Å². The third kappa shape index (κ3) is 3.78. The van der Waals surface area contributed by atoms with Crippen LogP contribution < -0.4 is 5.73 Å². The summed E-state index contributed by atoms with van der Waals surface area (Å²) < 4.78 is 4.45. The molecule has 0 heterocycles. The summed E-state index contributed by atoms with van der Waals surface area (Å²) in [6.07, 6.45) is 1.37. The standard InChI is InChI=1S/C8H15NO2/c1-4-6(2)5-7(9)8(10)11-3/h7H,2,4-5,9H2,1,3H3. The molecule has 0 radical (unpaired) electrons. The van der Waals surface area contributed by atoms with Crippen molar-refractivity contribution < 1.29 is 9.53 Å². The highest BCUT2D eigenvalue weighted by Crippen LogP contribution is 2.05. The Balaban J connectivity index is 3.77. The second-order valence-electron chi connectivity index (χ2n) is 2.44. The van der Waals surface area contributed by atoms with Crippen molar-refractivity contribution in [1.82, 2.24) is 0 Å². The number of esters is 1. The maximum absolute atomic E-state index is 10.8. The number of carbonyl (C=O) groups is 1. The minimum atomic E-state index is -0.549. The van der Waals surface area contributed by atoms with E-state index in [1.165, 1.54) is 7.11 Å². The molecule has 0 aliphatic carbocycles. The maximum atomic E-state index is 10.8. The number of ether oxygens (including phenoxy) is 1. The van der Waals surface area contributed by atoms with Crippen LogP contribution in [0, 0.1) is 0 Å². The van der Waals surface area contributed by atoms with Crippen molar-refractivity contribution in [2.75, 3.05) is 7.11 Å². The number of rotatable bonds is 4. The Morgan fingerprint density at radius 2 is 2.27 bits per heavy atom. The predicted octanol–water partition coefficient (Wildman–Crippen LogP) is 0.843. The quantitative estimate of drug-likeness (QED) is 0.486. The second kappa shape index (κ2) is 4.91. The molecule has 0 bridgehead atoms. The lowest BCUT2D eigenvalue weighted by Gasteiger charge is -2.09. The topological polar surface area (TPSA) is 52.3 Å². The van der Waals surface area contributed by atoms with Gasteiger partial charge < -0.3 is 10.5 Å². The van der Waals surface area contributed by atoms with E-state index in [0.717, 1.165) is 12.0 Å². The Kier molecular flexibility index (Phi) is 4.54. The number of hydrogen-bond donors (Lipinski definition) is 1. The van der Waals surface area contributed by atoms with Crippen molar-refractivity contribution >= 4 is 5.97 Å². The summed E-state index contributed by atoms with van der Waals surface area (Å²) in [7, 11) is 1.33. The minimum absolute atomic E-state index is 0.375. The average Bonchev–Trinajstić information content (AvgIpc) is 2.02.